The van der Waals surface area contributed by atoms with Crippen molar-refractivity contribution >= 4 is 34.6 Å². The molecular weight excluding hydrogens is 433 g/mol. The predicted octanol–water partition coefficient (Wildman–Crippen LogP) is 4.70. The van der Waals surface area contributed by atoms with Gasteiger partial charge < -0.3 is 20.3 Å². The van der Waals surface area contributed by atoms with Gasteiger partial charge in [-0.25, -0.2) is 9.18 Å². The Labute approximate surface area is 188 Å². The monoisotopic (exact) mass is 455 g/mol. The molecule has 2 N–H and O–H groups in total. The van der Waals surface area contributed by atoms with Crippen LogP contribution >= 0.6 is 11.3 Å². The second kappa shape index (κ2) is 9.73. The van der Waals surface area contributed by atoms with E-state index < -0.39 is 11.7 Å². The minimum atomic E-state index is -0.473. The lowest BCUT2D eigenvalue weighted by atomic mass is 10.2. The fourth-order valence-electron chi connectivity index (χ4n) is 3.52. The van der Waals surface area contributed by atoms with Crippen molar-refractivity contribution in [1.29, 1.82) is 0 Å². The quantitative estimate of drug-likeness (QED) is 0.562. The van der Waals surface area contributed by atoms with E-state index in [1.165, 1.54) is 18.2 Å². The molecule has 0 unspecified atom stereocenters. The number of anilines is 2. The number of nitrogens with one attached hydrogen (secondary N) is 2. The highest BCUT2D eigenvalue weighted by molar-refractivity contribution is 7.13. The van der Waals surface area contributed by atoms with E-state index in [1.54, 1.807) is 23.1 Å². The van der Waals surface area contributed by atoms with Crippen molar-refractivity contribution < 1.29 is 18.7 Å². The Morgan fingerprint density at radius 2 is 2.03 bits per heavy atom. The van der Waals surface area contributed by atoms with Gasteiger partial charge >= 0.3 is 6.03 Å². The number of carbonyl (C=O) groups is 2. The van der Waals surface area contributed by atoms with Crippen LogP contribution in [0.4, 0.5) is 20.6 Å². The fraction of sp³-hybridized carbons (Fsp3) is 0.273. The number of halogens is 1. The first-order chi connectivity index (χ1) is 15.5. The van der Waals surface area contributed by atoms with Crippen LogP contribution in [0.1, 0.15) is 40.6 Å². The molecule has 10 heteroatoms. The average molecular weight is 456 g/mol. The van der Waals surface area contributed by atoms with Gasteiger partial charge in [0.2, 0.25) is 5.01 Å². The van der Waals surface area contributed by atoms with Gasteiger partial charge in [-0.1, -0.05) is 29.5 Å². The molecule has 0 spiro atoms. The smallest absolute Gasteiger partial charge is 0.322 e. The third-order valence-electron chi connectivity index (χ3n) is 4.94. The second-order valence-electron chi connectivity index (χ2n) is 7.12. The van der Waals surface area contributed by atoms with Gasteiger partial charge in [0.25, 0.3) is 5.91 Å². The van der Waals surface area contributed by atoms with Crippen LogP contribution in [-0.2, 0) is 0 Å². The third kappa shape index (κ3) is 4.86. The molecule has 1 saturated heterocycles. The summed E-state index contributed by atoms with van der Waals surface area (Å²) in [6, 6.07) is 12.3. The van der Waals surface area contributed by atoms with Gasteiger partial charge in [-0.2, -0.15) is 0 Å². The fourth-order valence-corrected chi connectivity index (χ4v) is 4.40. The molecule has 2 aromatic carbocycles. The molecular formula is C22H22FN5O3S. The summed E-state index contributed by atoms with van der Waals surface area (Å²) in [4.78, 5) is 27.1. The molecule has 1 atom stereocenters. The number of aromatic nitrogens is 2. The van der Waals surface area contributed by atoms with Crippen molar-refractivity contribution in [2.75, 3.05) is 23.8 Å². The molecule has 0 radical (unpaired) electrons. The maximum atomic E-state index is 13.3. The van der Waals surface area contributed by atoms with E-state index in [-0.39, 0.29) is 17.1 Å². The van der Waals surface area contributed by atoms with Crippen molar-refractivity contribution in [2.45, 2.75) is 25.8 Å². The van der Waals surface area contributed by atoms with E-state index in [0.29, 0.717) is 35.3 Å². The molecule has 1 aliphatic heterocycles. The van der Waals surface area contributed by atoms with Gasteiger partial charge in [0.15, 0.2) is 0 Å². The number of carbonyl (C=O) groups excluding carboxylic acids is 2. The van der Waals surface area contributed by atoms with Crippen LogP contribution in [0.15, 0.2) is 48.5 Å². The van der Waals surface area contributed by atoms with Crippen LogP contribution in [-0.4, -0.2) is 40.2 Å². The molecule has 0 aliphatic carbocycles. The Morgan fingerprint density at radius 3 is 2.84 bits per heavy atom. The Kier molecular flexibility index (Phi) is 6.60. The summed E-state index contributed by atoms with van der Waals surface area (Å²) in [5.41, 5.74) is 0.930. The van der Waals surface area contributed by atoms with E-state index in [0.717, 1.165) is 24.2 Å². The van der Waals surface area contributed by atoms with E-state index >= 15 is 0 Å². The maximum absolute atomic E-state index is 13.3. The Bertz CT molecular complexity index is 1120. The molecule has 4 rings (SSSR count). The molecule has 3 amide bonds. The van der Waals surface area contributed by atoms with E-state index in [1.807, 2.05) is 19.1 Å². The van der Waals surface area contributed by atoms with Crippen molar-refractivity contribution in [3.05, 3.63) is 64.4 Å². The minimum absolute atomic E-state index is 0.151. The number of benzene rings is 2. The molecule has 0 saturated carbocycles. The van der Waals surface area contributed by atoms with E-state index in [2.05, 4.69) is 20.8 Å². The van der Waals surface area contributed by atoms with Gasteiger partial charge in [0.05, 0.1) is 18.3 Å². The Balaban J connectivity index is 1.45. The number of nitrogens with zero attached hydrogens (tertiary/aromatic N) is 3. The number of rotatable bonds is 6. The van der Waals surface area contributed by atoms with Crippen LogP contribution in [0, 0.1) is 5.82 Å². The first-order valence-electron chi connectivity index (χ1n) is 10.2. The van der Waals surface area contributed by atoms with Crippen LogP contribution < -0.4 is 15.4 Å². The maximum Gasteiger partial charge on any atom is 0.322 e. The van der Waals surface area contributed by atoms with Gasteiger partial charge in [-0.3, -0.25) is 4.79 Å². The van der Waals surface area contributed by atoms with Crippen molar-refractivity contribution in [1.82, 2.24) is 15.1 Å². The van der Waals surface area contributed by atoms with Gasteiger partial charge in [-0.15, -0.1) is 10.2 Å². The van der Waals surface area contributed by atoms with Crippen molar-refractivity contribution in [2.24, 2.45) is 0 Å². The first-order valence-corrected chi connectivity index (χ1v) is 11.1. The largest absolute Gasteiger partial charge is 0.492 e. The Morgan fingerprint density at radius 1 is 1.19 bits per heavy atom. The van der Waals surface area contributed by atoms with Crippen molar-refractivity contribution in [3.63, 3.8) is 0 Å². The third-order valence-corrected chi connectivity index (χ3v) is 5.97. The molecule has 8 nitrogen and oxygen atoms in total. The van der Waals surface area contributed by atoms with E-state index in [4.69, 9.17) is 4.74 Å². The minimum Gasteiger partial charge on any atom is -0.492 e. The molecule has 1 fully saturated rings. The number of para-hydroxylation sites is 2. The zero-order valence-electron chi connectivity index (χ0n) is 17.4. The topological polar surface area (TPSA) is 96.4 Å². The normalized spacial score (nSPS) is 15.4. The zero-order chi connectivity index (χ0) is 22.5. The summed E-state index contributed by atoms with van der Waals surface area (Å²) >= 11 is 1.13. The average Bonchev–Trinajstić information content (AvgIpc) is 3.45. The summed E-state index contributed by atoms with van der Waals surface area (Å²) in [5.74, 6) is -0.315. The SMILES string of the molecule is CCOc1ccccc1NC(=O)N1CCC[C@@H]1c1nnc(C(=O)Nc2cccc(F)c2)s1. The number of urea groups is 1. The lowest BCUT2D eigenvalue weighted by molar-refractivity contribution is 0.102. The second-order valence-corrected chi connectivity index (χ2v) is 8.13. The molecule has 166 valence electrons. The van der Waals surface area contributed by atoms with Crippen LogP contribution in [0.5, 0.6) is 5.75 Å². The molecule has 32 heavy (non-hydrogen) atoms. The molecule has 2 heterocycles. The van der Waals surface area contributed by atoms with Crippen LogP contribution in [0.2, 0.25) is 0 Å². The Hall–Kier alpha value is -3.53. The van der Waals surface area contributed by atoms with Crippen molar-refractivity contribution in [3.8, 4) is 5.75 Å². The number of ether oxygens (including phenoxy) is 1. The summed E-state index contributed by atoms with van der Waals surface area (Å²) in [5, 5.41) is 14.4. The highest BCUT2D eigenvalue weighted by Gasteiger charge is 2.33. The van der Waals surface area contributed by atoms with Gasteiger partial charge in [-0.05, 0) is 50.1 Å². The number of likely N-dealkylation sites (tertiary alicyclic amines) is 1. The molecule has 3 aromatic rings. The van der Waals surface area contributed by atoms with E-state index in [9.17, 15) is 14.0 Å². The predicted molar refractivity (Wildman–Crippen MR) is 120 cm³/mol. The summed E-state index contributed by atoms with van der Waals surface area (Å²) in [7, 11) is 0. The highest BCUT2D eigenvalue weighted by Crippen LogP contribution is 2.35. The summed E-state index contributed by atoms with van der Waals surface area (Å²) < 4.78 is 18.9. The lowest BCUT2D eigenvalue weighted by Crippen LogP contribution is -2.34. The number of hydrogen-bond donors (Lipinski definition) is 2. The summed E-state index contributed by atoms with van der Waals surface area (Å²) in [6.45, 7) is 2.94. The first kappa shape index (κ1) is 21.7. The van der Waals surface area contributed by atoms with Gasteiger partial charge in [0.1, 0.15) is 16.6 Å². The highest BCUT2D eigenvalue weighted by atomic mass is 32.1. The number of amides is 3. The molecule has 0 bridgehead atoms. The standard InChI is InChI=1S/C22H22FN5O3S/c1-2-31-18-11-4-3-9-16(18)25-22(30)28-12-6-10-17(28)20-26-27-21(32-20)19(29)24-15-8-5-7-14(23)13-15/h3-5,7-9,11,13,17H,2,6,10,12H2,1H3,(H,24,29)(H,25,30)/t17-/m1/s1. The van der Waals surface area contributed by atoms with Crippen LogP contribution in [0.3, 0.4) is 0 Å². The lowest BCUT2D eigenvalue weighted by Gasteiger charge is -2.23. The summed E-state index contributed by atoms with van der Waals surface area (Å²) in [6.07, 6.45) is 1.54. The van der Waals surface area contributed by atoms with Crippen LogP contribution in [0.25, 0.3) is 0 Å². The number of hydrogen-bond acceptors (Lipinski definition) is 6. The zero-order valence-corrected chi connectivity index (χ0v) is 18.2. The molecule has 1 aliphatic rings. The molecule has 1 aromatic heterocycles. The van der Waals surface area contributed by atoms with Gasteiger partial charge in [0, 0.05) is 12.2 Å².